The highest BCUT2D eigenvalue weighted by Gasteiger charge is 1.96. The molecule has 0 aliphatic rings. The molecule has 0 amide bonds. The highest BCUT2D eigenvalue weighted by molar-refractivity contribution is 6.26. The molecule has 0 spiro atoms. The van der Waals surface area contributed by atoms with Gasteiger partial charge in [-0.1, -0.05) is 0 Å². The number of hydrogen-bond acceptors (Lipinski definition) is 2. The van der Waals surface area contributed by atoms with Gasteiger partial charge in [-0.25, -0.2) is 0 Å². The Morgan fingerprint density at radius 2 is 1.56 bits per heavy atom. The van der Waals surface area contributed by atoms with E-state index in [0.29, 0.717) is 0 Å². The average molecular weight is 122 g/mol. The van der Waals surface area contributed by atoms with Crippen molar-refractivity contribution in [3.8, 4) is 0 Å². The second-order valence-corrected chi connectivity index (χ2v) is 1.74. The lowest BCUT2D eigenvalue weighted by atomic mass is 10.1. The van der Waals surface area contributed by atoms with Gasteiger partial charge in [-0.05, 0) is 13.8 Å². The fraction of sp³-hybridized carbons (Fsp3) is 0.333. The standard InChI is InChI=1S/C6H8N3/c1-4(8)6(3-7)5(2)9/h8-9H,1-2H3/q-1. The van der Waals surface area contributed by atoms with Gasteiger partial charge >= 0.3 is 0 Å². The van der Waals surface area contributed by atoms with E-state index in [9.17, 15) is 0 Å². The van der Waals surface area contributed by atoms with E-state index in [1.165, 1.54) is 13.8 Å². The maximum Gasteiger partial charge on any atom is 0.0432 e. The fourth-order valence-electron chi connectivity index (χ4n) is 0.449. The highest BCUT2D eigenvalue weighted by Crippen LogP contribution is 1.91. The van der Waals surface area contributed by atoms with E-state index in [1.807, 2.05) is 0 Å². The van der Waals surface area contributed by atoms with Crippen LogP contribution in [0.25, 0.3) is 5.41 Å². The molecule has 3 nitrogen and oxygen atoms in total. The third kappa shape index (κ3) is 2.02. The Morgan fingerprint density at radius 1 is 1.22 bits per heavy atom. The molecule has 0 saturated carbocycles. The Labute approximate surface area is 53.9 Å². The van der Waals surface area contributed by atoms with Crippen molar-refractivity contribution in [3.63, 3.8) is 0 Å². The number of nitrogens with zero attached hydrogens (tertiary/aromatic N) is 1. The van der Waals surface area contributed by atoms with Crippen molar-refractivity contribution in [3.05, 3.63) is 11.0 Å². The van der Waals surface area contributed by atoms with Crippen LogP contribution in [-0.2, 0) is 0 Å². The summed E-state index contributed by atoms with van der Waals surface area (Å²) in [6.07, 6.45) is 0. The van der Waals surface area contributed by atoms with Gasteiger partial charge in [0.2, 0.25) is 0 Å². The topological polar surface area (TPSA) is 70.0 Å². The number of hydrogen-bond donors (Lipinski definition) is 2. The quantitative estimate of drug-likeness (QED) is 0.517. The molecule has 0 saturated heterocycles. The molecular formula is C6H8N3-. The summed E-state index contributed by atoms with van der Waals surface area (Å²) in [7, 11) is 0. The first kappa shape index (κ1) is 7.79. The summed E-state index contributed by atoms with van der Waals surface area (Å²) < 4.78 is 0. The predicted octanol–water partition coefficient (Wildman–Crippen LogP) is 1.23. The molecule has 0 aromatic carbocycles. The molecule has 0 rings (SSSR count). The summed E-state index contributed by atoms with van der Waals surface area (Å²) in [5.74, 6) is 1.77. The predicted molar refractivity (Wildman–Crippen MR) is 38.7 cm³/mol. The van der Waals surface area contributed by atoms with Crippen LogP contribution in [-0.4, -0.2) is 17.3 Å². The van der Waals surface area contributed by atoms with Crippen molar-refractivity contribution < 1.29 is 0 Å². The average Bonchev–Trinajstić information content (AvgIpc) is 1.64. The first-order chi connectivity index (χ1) is 4.09. The summed E-state index contributed by atoms with van der Waals surface area (Å²) in [6, 6.07) is 0. The fourth-order valence-corrected chi connectivity index (χ4v) is 0.449. The monoisotopic (exact) mass is 122 g/mol. The van der Waals surface area contributed by atoms with Gasteiger partial charge in [0.25, 0.3) is 0 Å². The largest absolute Gasteiger partial charge is 0.763 e. The minimum atomic E-state index is 0.157. The van der Waals surface area contributed by atoms with E-state index in [-0.39, 0.29) is 17.0 Å². The Kier molecular flexibility index (Phi) is 2.55. The van der Waals surface area contributed by atoms with Crippen LogP contribution >= 0.6 is 0 Å². The van der Waals surface area contributed by atoms with Gasteiger partial charge in [-0.3, -0.25) is 5.87 Å². The van der Waals surface area contributed by atoms with Crippen molar-refractivity contribution in [2.24, 2.45) is 0 Å². The van der Waals surface area contributed by atoms with E-state index in [1.54, 1.807) is 5.87 Å². The van der Waals surface area contributed by atoms with Crippen LogP contribution in [0.4, 0.5) is 0 Å². The molecule has 0 aliphatic carbocycles. The van der Waals surface area contributed by atoms with E-state index in [0.717, 1.165) is 0 Å². The van der Waals surface area contributed by atoms with Crippen LogP contribution < -0.4 is 0 Å². The maximum absolute atomic E-state index is 8.30. The zero-order chi connectivity index (χ0) is 7.44. The van der Waals surface area contributed by atoms with Crippen molar-refractivity contribution in [1.82, 2.24) is 0 Å². The van der Waals surface area contributed by atoms with Crippen LogP contribution in [0.2, 0.25) is 0 Å². The second-order valence-electron chi connectivity index (χ2n) is 1.74. The lowest BCUT2D eigenvalue weighted by molar-refractivity contribution is 1.44. The van der Waals surface area contributed by atoms with Crippen LogP contribution in [0, 0.1) is 10.8 Å². The summed E-state index contributed by atoms with van der Waals surface area (Å²) in [5, 5.41) is 22.3. The number of allylic oxidation sites excluding steroid dienone is 1. The molecule has 3 heteroatoms. The maximum atomic E-state index is 8.30. The van der Waals surface area contributed by atoms with Gasteiger partial charge in [0, 0.05) is 17.0 Å². The Morgan fingerprint density at radius 3 is 1.56 bits per heavy atom. The molecule has 2 N–H and O–H groups in total. The van der Waals surface area contributed by atoms with E-state index >= 15 is 0 Å². The smallest absolute Gasteiger partial charge is 0.0432 e. The number of rotatable bonds is 2. The summed E-state index contributed by atoms with van der Waals surface area (Å²) in [4.78, 5) is 0. The molecule has 9 heavy (non-hydrogen) atoms. The first-order valence-corrected chi connectivity index (χ1v) is 2.47. The SMILES string of the molecule is CC(=N)C(=C=[N-])C(C)=N. The molecule has 0 aromatic heterocycles. The minimum Gasteiger partial charge on any atom is -0.763 e. The van der Waals surface area contributed by atoms with Crippen LogP contribution in [0.15, 0.2) is 5.57 Å². The highest BCUT2D eigenvalue weighted by atomic mass is 14.5. The summed E-state index contributed by atoms with van der Waals surface area (Å²) in [6.45, 7) is 2.99. The molecule has 0 heterocycles. The van der Waals surface area contributed by atoms with Crippen molar-refractivity contribution in [1.29, 1.82) is 10.8 Å². The molecule has 0 bridgehead atoms. The Hall–Kier alpha value is -1.21. The molecule has 0 radical (unpaired) electrons. The van der Waals surface area contributed by atoms with E-state index in [2.05, 4.69) is 0 Å². The number of nitrogens with one attached hydrogen (secondary N) is 2. The summed E-state index contributed by atoms with van der Waals surface area (Å²) in [5.41, 5.74) is 0.477. The first-order valence-electron chi connectivity index (χ1n) is 2.47. The molecular weight excluding hydrogens is 114 g/mol. The third-order valence-corrected chi connectivity index (χ3v) is 0.862. The van der Waals surface area contributed by atoms with Gasteiger partial charge in [0.1, 0.15) is 0 Å². The molecule has 0 unspecified atom stereocenters. The minimum absolute atomic E-state index is 0.157. The zero-order valence-electron chi connectivity index (χ0n) is 5.45. The van der Waals surface area contributed by atoms with Crippen LogP contribution in [0.1, 0.15) is 13.8 Å². The van der Waals surface area contributed by atoms with Gasteiger partial charge in [-0.2, -0.15) is 0 Å². The molecule has 0 aliphatic heterocycles. The Bertz CT molecular complexity index is 180. The van der Waals surface area contributed by atoms with Crippen molar-refractivity contribution in [2.45, 2.75) is 13.8 Å². The Balaban J connectivity index is 4.59. The van der Waals surface area contributed by atoms with E-state index < -0.39 is 0 Å². The lowest BCUT2D eigenvalue weighted by Gasteiger charge is -1.98. The van der Waals surface area contributed by atoms with Gasteiger partial charge in [-0.15, -0.1) is 0 Å². The van der Waals surface area contributed by atoms with Crippen LogP contribution in [0.3, 0.4) is 0 Å². The van der Waals surface area contributed by atoms with Crippen LogP contribution in [0.5, 0.6) is 0 Å². The van der Waals surface area contributed by atoms with E-state index in [4.69, 9.17) is 16.2 Å². The molecule has 48 valence electrons. The second kappa shape index (κ2) is 2.95. The van der Waals surface area contributed by atoms with Gasteiger partial charge in [0.05, 0.1) is 0 Å². The third-order valence-electron chi connectivity index (χ3n) is 0.862. The lowest BCUT2D eigenvalue weighted by Crippen LogP contribution is -2.04. The van der Waals surface area contributed by atoms with Gasteiger partial charge < -0.3 is 16.2 Å². The van der Waals surface area contributed by atoms with Crippen molar-refractivity contribution in [2.75, 3.05) is 0 Å². The van der Waals surface area contributed by atoms with Crippen molar-refractivity contribution >= 4 is 17.3 Å². The van der Waals surface area contributed by atoms with Gasteiger partial charge in [0.15, 0.2) is 0 Å². The molecule has 0 aromatic rings. The summed E-state index contributed by atoms with van der Waals surface area (Å²) >= 11 is 0. The zero-order valence-corrected chi connectivity index (χ0v) is 5.45. The molecule has 0 atom stereocenters. The normalized spacial score (nSPS) is 7.78. The molecule has 0 fully saturated rings.